The molecule has 0 saturated heterocycles. The summed E-state index contributed by atoms with van der Waals surface area (Å²) >= 11 is 0. The first kappa shape index (κ1) is 21.9. The minimum absolute atomic E-state index is 0.0853. The zero-order valence-corrected chi connectivity index (χ0v) is 18.8. The number of aliphatic hydroxyl groups is 1. The van der Waals surface area contributed by atoms with Gasteiger partial charge in [-0.3, -0.25) is 0 Å². The molecule has 0 aromatic heterocycles. The Labute approximate surface area is 185 Å². The third-order valence-electron chi connectivity index (χ3n) is 8.17. The number of aliphatic carboxylic acids is 1. The number of benzene rings is 2. The van der Waals surface area contributed by atoms with Gasteiger partial charge in [0.15, 0.2) is 5.60 Å². The first-order valence-electron chi connectivity index (χ1n) is 11.5. The largest absolute Gasteiger partial charge is 0.497 e. The van der Waals surface area contributed by atoms with Crippen LogP contribution in [-0.2, 0) is 15.8 Å². The maximum Gasteiger partial charge on any atom is 0.340 e. The molecule has 2 N–H and O–H groups in total. The quantitative estimate of drug-likeness (QED) is 0.672. The Morgan fingerprint density at radius 1 is 1.10 bits per heavy atom. The fraction of sp³-hybridized carbons (Fsp3) is 0.519. The van der Waals surface area contributed by atoms with Gasteiger partial charge in [-0.05, 0) is 65.8 Å². The summed E-state index contributed by atoms with van der Waals surface area (Å²) in [6.07, 6.45) is 5.99. The van der Waals surface area contributed by atoms with E-state index in [4.69, 9.17) is 4.74 Å². The van der Waals surface area contributed by atoms with Crippen LogP contribution in [0.1, 0.15) is 62.1 Å². The minimum atomic E-state index is -1.89. The summed E-state index contributed by atoms with van der Waals surface area (Å²) in [6.45, 7) is 4.42. The number of fused-ring (bicyclic) bond motifs is 1. The molecule has 4 nitrogen and oxygen atoms in total. The Balaban J connectivity index is 1.87. The summed E-state index contributed by atoms with van der Waals surface area (Å²) in [5, 5.41) is 22.2. The molecule has 31 heavy (non-hydrogen) atoms. The van der Waals surface area contributed by atoms with Crippen LogP contribution in [0.15, 0.2) is 48.5 Å². The van der Waals surface area contributed by atoms with E-state index in [9.17, 15) is 15.0 Å². The number of hydrogen-bond donors (Lipinski definition) is 2. The fourth-order valence-corrected chi connectivity index (χ4v) is 6.79. The molecule has 0 amide bonds. The minimum Gasteiger partial charge on any atom is -0.497 e. The van der Waals surface area contributed by atoms with Gasteiger partial charge in [0.2, 0.25) is 0 Å². The number of carbonyl (C=O) groups is 1. The third kappa shape index (κ3) is 3.55. The molecular weight excluding hydrogens is 388 g/mol. The molecular formula is C27H34O4. The van der Waals surface area contributed by atoms with Crippen LogP contribution in [0.4, 0.5) is 0 Å². The summed E-state index contributed by atoms with van der Waals surface area (Å²) in [7, 11) is 1.68. The van der Waals surface area contributed by atoms with E-state index >= 15 is 0 Å². The van der Waals surface area contributed by atoms with Crippen LogP contribution in [0, 0.1) is 24.7 Å². The zero-order valence-electron chi connectivity index (χ0n) is 18.8. The van der Waals surface area contributed by atoms with Crippen LogP contribution in [0.3, 0.4) is 0 Å². The fourth-order valence-electron chi connectivity index (χ4n) is 6.79. The van der Waals surface area contributed by atoms with Crippen molar-refractivity contribution in [2.24, 2.45) is 17.8 Å². The molecule has 0 spiro atoms. The molecule has 2 aliphatic carbocycles. The molecule has 2 aromatic carbocycles. The monoisotopic (exact) mass is 422 g/mol. The van der Waals surface area contributed by atoms with E-state index in [0.29, 0.717) is 11.5 Å². The number of methoxy groups -OCH3 is 1. The van der Waals surface area contributed by atoms with Gasteiger partial charge in [-0.2, -0.15) is 0 Å². The van der Waals surface area contributed by atoms with E-state index in [1.165, 1.54) is 11.1 Å². The molecule has 0 aliphatic heterocycles. The number of carboxylic acid groups (broad SMARTS) is 1. The smallest absolute Gasteiger partial charge is 0.340 e. The predicted molar refractivity (Wildman–Crippen MR) is 121 cm³/mol. The molecule has 166 valence electrons. The Hall–Kier alpha value is -2.33. The summed E-state index contributed by atoms with van der Waals surface area (Å²) < 4.78 is 5.54. The topological polar surface area (TPSA) is 66.8 Å². The van der Waals surface area contributed by atoms with Crippen LogP contribution < -0.4 is 4.74 Å². The number of ether oxygens (including phenoxy) is 1. The summed E-state index contributed by atoms with van der Waals surface area (Å²) in [5.74, 6) is -0.158. The normalized spacial score (nSPS) is 30.1. The van der Waals surface area contributed by atoms with Gasteiger partial charge >= 0.3 is 5.97 Å². The van der Waals surface area contributed by atoms with Crippen molar-refractivity contribution in [2.45, 2.75) is 63.4 Å². The van der Waals surface area contributed by atoms with Crippen molar-refractivity contribution in [1.82, 2.24) is 0 Å². The van der Waals surface area contributed by atoms with Gasteiger partial charge in [0, 0.05) is 5.92 Å². The second kappa shape index (κ2) is 8.31. The second-order valence-electron chi connectivity index (χ2n) is 9.75. The maximum atomic E-state index is 12.6. The SMILES string of the molecule is COc1ccc(C)c([C@@]2(C)CCC[C@@H]3CCC[C@@H]([C@](O)(C(=O)O)c4ccccc4)[C@H]32)c1. The van der Waals surface area contributed by atoms with Crippen LogP contribution in [0.5, 0.6) is 5.75 Å². The molecule has 0 heterocycles. The van der Waals surface area contributed by atoms with Gasteiger partial charge in [-0.1, -0.05) is 69.0 Å². The number of aryl methyl sites for hydroxylation is 1. The van der Waals surface area contributed by atoms with E-state index in [2.05, 4.69) is 26.0 Å². The van der Waals surface area contributed by atoms with Gasteiger partial charge in [0.25, 0.3) is 0 Å². The molecule has 0 unspecified atom stereocenters. The predicted octanol–water partition coefficient (Wildman–Crippen LogP) is 5.45. The molecule has 0 radical (unpaired) electrons. The number of rotatable bonds is 5. The summed E-state index contributed by atoms with van der Waals surface area (Å²) in [6, 6.07) is 15.2. The van der Waals surface area contributed by atoms with E-state index in [1.54, 1.807) is 19.2 Å². The Bertz CT molecular complexity index is 938. The van der Waals surface area contributed by atoms with E-state index in [0.717, 1.165) is 44.3 Å². The average Bonchev–Trinajstić information content (AvgIpc) is 2.79. The molecule has 2 saturated carbocycles. The van der Waals surface area contributed by atoms with Crippen LogP contribution in [-0.4, -0.2) is 23.3 Å². The van der Waals surface area contributed by atoms with Gasteiger partial charge in [0.05, 0.1) is 7.11 Å². The van der Waals surface area contributed by atoms with E-state index in [1.807, 2.05) is 24.3 Å². The Morgan fingerprint density at radius 3 is 2.48 bits per heavy atom. The van der Waals surface area contributed by atoms with Gasteiger partial charge in [-0.25, -0.2) is 4.79 Å². The third-order valence-corrected chi connectivity index (χ3v) is 8.17. The maximum absolute atomic E-state index is 12.6. The lowest BCUT2D eigenvalue weighted by Crippen LogP contribution is -2.56. The van der Waals surface area contributed by atoms with Crippen molar-refractivity contribution in [1.29, 1.82) is 0 Å². The lowest BCUT2D eigenvalue weighted by molar-refractivity contribution is -0.178. The van der Waals surface area contributed by atoms with Gasteiger partial charge < -0.3 is 14.9 Å². The molecule has 4 rings (SSSR count). The Morgan fingerprint density at radius 2 is 1.81 bits per heavy atom. The molecule has 2 aliphatic rings. The molecule has 2 fully saturated rings. The van der Waals surface area contributed by atoms with E-state index < -0.39 is 11.6 Å². The highest BCUT2D eigenvalue weighted by Crippen LogP contribution is 2.58. The summed E-state index contributed by atoms with van der Waals surface area (Å²) in [5.41, 5.74) is 0.811. The molecule has 5 atom stereocenters. The molecule has 0 bridgehead atoms. The highest BCUT2D eigenvalue weighted by molar-refractivity contribution is 5.79. The summed E-state index contributed by atoms with van der Waals surface area (Å²) in [4.78, 5) is 12.6. The van der Waals surface area contributed by atoms with Crippen LogP contribution in [0.2, 0.25) is 0 Å². The molecule has 4 heteroatoms. The van der Waals surface area contributed by atoms with Gasteiger partial charge in [0.1, 0.15) is 5.75 Å². The Kier molecular flexibility index (Phi) is 5.87. The van der Waals surface area contributed by atoms with Crippen molar-refractivity contribution >= 4 is 5.97 Å². The lowest BCUT2D eigenvalue weighted by atomic mass is 9.49. The average molecular weight is 423 g/mol. The van der Waals surface area contributed by atoms with Crippen molar-refractivity contribution in [3.63, 3.8) is 0 Å². The van der Waals surface area contributed by atoms with Crippen molar-refractivity contribution < 1.29 is 19.7 Å². The van der Waals surface area contributed by atoms with Crippen molar-refractivity contribution in [2.75, 3.05) is 7.11 Å². The lowest BCUT2D eigenvalue weighted by Gasteiger charge is -2.56. The molecule has 2 aromatic rings. The number of hydrogen-bond acceptors (Lipinski definition) is 3. The van der Waals surface area contributed by atoms with Crippen molar-refractivity contribution in [3.8, 4) is 5.75 Å². The first-order valence-corrected chi connectivity index (χ1v) is 11.5. The highest BCUT2D eigenvalue weighted by atomic mass is 16.5. The standard InChI is InChI=1S/C27H34O4/c1-18-14-15-21(31-3)17-23(18)26(2)16-8-10-19-9-7-13-22(24(19)26)27(30,25(28)29)20-11-5-4-6-12-20/h4-6,11-12,14-15,17,19,22,24,30H,7-10,13,16H2,1-3H3,(H,28,29)/t19-,22+,24-,26+,27-/m0/s1. The van der Waals surface area contributed by atoms with Crippen molar-refractivity contribution in [3.05, 3.63) is 65.2 Å². The van der Waals surface area contributed by atoms with Gasteiger partial charge in [-0.15, -0.1) is 0 Å². The first-order chi connectivity index (χ1) is 14.8. The highest BCUT2D eigenvalue weighted by Gasteiger charge is 2.58. The van der Waals surface area contributed by atoms with Crippen LogP contribution in [0.25, 0.3) is 0 Å². The van der Waals surface area contributed by atoms with Crippen LogP contribution >= 0.6 is 0 Å². The number of carboxylic acids is 1. The second-order valence-corrected chi connectivity index (χ2v) is 9.75. The zero-order chi connectivity index (χ0) is 22.2. The van der Waals surface area contributed by atoms with E-state index in [-0.39, 0.29) is 17.3 Å².